The van der Waals surface area contributed by atoms with Crippen LogP contribution < -0.4 is 0 Å². The maximum absolute atomic E-state index is 12.8. The van der Waals surface area contributed by atoms with Crippen molar-refractivity contribution in [2.45, 2.75) is 90.8 Å². The Kier molecular flexibility index (Phi) is 7.10. The van der Waals surface area contributed by atoms with E-state index < -0.39 is 0 Å². The molecule has 0 N–H and O–H groups in total. The van der Waals surface area contributed by atoms with Crippen LogP contribution in [0.1, 0.15) is 99.3 Å². The van der Waals surface area contributed by atoms with Gasteiger partial charge >= 0.3 is 11.9 Å². The van der Waals surface area contributed by atoms with Gasteiger partial charge in [-0.05, 0) is 123 Å². The molecule has 0 saturated heterocycles. The largest absolute Gasteiger partial charge is 0.459 e. The van der Waals surface area contributed by atoms with Crippen LogP contribution in [0.3, 0.4) is 0 Å². The minimum Gasteiger partial charge on any atom is -0.459 e. The maximum atomic E-state index is 12.8. The predicted octanol–water partition coefficient (Wildman–Crippen LogP) is 8.12. The van der Waals surface area contributed by atoms with Gasteiger partial charge in [-0.3, -0.25) is 0 Å². The summed E-state index contributed by atoms with van der Waals surface area (Å²) < 4.78 is 12.1. The molecule has 6 rings (SSSR count). The highest BCUT2D eigenvalue weighted by atomic mass is 16.5. The van der Waals surface area contributed by atoms with E-state index in [2.05, 4.69) is 20.8 Å². The number of rotatable bonds is 5. The Morgan fingerprint density at radius 2 is 1.36 bits per heavy atom. The van der Waals surface area contributed by atoms with Gasteiger partial charge in [0, 0.05) is 5.92 Å². The lowest BCUT2D eigenvalue weighted by molar-refractivity contribution is -0.133. The number of benzene rings is 2. The Morgan fingerprint density at radius 1 is 0.744 bits per heavy atom. The number of fused-ring (bicyclic) bond motifs is 5. The Balaban J connectivity index is 1.11. The summed E-state index contributed by atoms with van der Waals surface area (Å²) in [6.07, 6.45) is 10.6. The van der Waals surface area contributed by atoms with E-state index in [9.17, 15) is 9.59 Å². The van der Waals surface area contributed by atoms with Crippen molar-refractivity contribution in [3.8, 4) is 0 Å². The molecule has 208 valence electrons. The Hall–Kier alpha value is -2.62. The van der Waals surface area contributed by atoms with E-state index in [4.69, 9.17) is 9.47 Å². The minimum absolute atomic E-state index is 0.0391. The molecule has 0 bridgehead atoms. The third kappa shape index (κ3) is 4.72. The van der Waals surface area contributed by atoms with Crippen LogP contribution in [0.2, 0.25) is 0 Å². The predicted molar refractivity (Wildman–Crippen MR) is 152 cm³/mol. The first-order valence-corrected chi connectivity index (χ1v) is 15.3. The molecule has 4 heteroatoms. The third-order valence-electron chi connectivity index (χ3n) is 11.8. The van der Waals surface area contributed by atoms with Crippen molar-refractivity contribution in [1.82, 2.24) is 0 Å². The topological polar surface area (TPSA) is 52.6 Å². The summed E-state index contributed by atoms with van der Waals surface area (Å²) in [4.78, 5) is 25.5. The molecule has 4 saturated carbocycles. The standard InChI is InChI=1S/C35H44O4/c1-23(38-32(36)24-10-6-4-7-11-24)29-16-17-30-28-15-14-26-22-27(39-33(37)25-12-8-5-9-13-25)18-20-34(26,2)31(28)19-21-35(29,30)3/h4-13,23,26-31H,14-22H2,1-3H3/t23-,26+,27+,28-,29+,30+,31-,34-,35+/m0/s1. The van der Waals surface area contributed by atoms with Gasteiger partial charge in [0.2, 0.25) is 0 Å². The Bertz CT molecular complexity index is 1180. The highest BCUT2D eigenvalue weighted by Gasteiger charge is 2.61. The smallest absolute Gasteiger partial charge is 0.338 e. The molecule has 39 heavy (non-hydrogen) atoms. The molecule has 0 spiro atoms. The summed E-state index contributed by atoms with van der Waals surface area (Å²) in [5, 5.41) is 0. The SMILES string of the molecule is C[C@H](OC(=O)c1ccccc1)[C@H]1CC[C@@H]2[C@@H]3CC[C@@H]4C[C@H](OC(=O)c5ccccc5)CC[C@]4(C)[C@H]3CC[C@@]21C. The first-order valence-electron chi connectivity index (χ1n) is 15.3. The summed E-state index contributed by atoms with van der Waals surface area (Å²) in [5.41, 5.74) is 1.87. The third-order valence-corrected chi connectivity index (χ3v) is 11.8. The van der Waals surface area contributed by atoms with Crippen LogP contribution in [-0.4, -0.2) is 24.1 Å². The van der Waals surface area contributed by atoms with Gasteiger partial charge in [-0.1, -0.05) is 50.2 Å². The van der Waals surface area contributed by atoms with Crippen LogP contribution >= 0.6 is 0 Å². The molecule has 0 heterocycles. The number of hydrogen-bond donors (Lipinski definition) is 0. The highest BCUT2D eigenvalue weighted by Crippen LogP contribution is 2.68. The molecule has 0 radical (unpaired) electrons. The quantitative estimate of drug-likeness (QED) is 0.368. The van der Waals surface area contributed by atoms with Crippen LogP contribution in [0.15, 0.2) is 60.7 Å². The van der Waals surface area contributed by atoms with Crippen LogP contribution in [0, 0.1) is 40.4 Å². The molecule has 0 aromatic heterocycles. The molecule has 4 fully saturated rings. The molecule has 0 aliphatic heterocycles. The van der Waals surface area contributed by atoms with Gasteiger partial charge in [-0.2, -0.15) is 0 Å². The average Bonchev–Trinajstić information content (AvgIpc) is 3.31. The van der Waals surface area contributed by atoms with Crippen LogP contribution in [0.4, 0.5) is 0 Å². The van der Waals surface area contributed by atoms with Crippen LogP contribution in [0.5, 0.6) is 0 Å². The second-order valence-electron chi connectivity index (χ2n) is 13.5. The maximum Gasteiger partial charge on any atom is 0.338 e. The van der Waals surface area contributed by atoms with Crippen molar-refractivity contribution in [2.75, 3.05) is 0 Å². The van der Waals surface area contributed by atoms with Gasteiger partial charge in [0.1, 0.15) is 12.2 Å². The van der Waals surface area contributed by atoms with Gasteiger partial charge < -0.3 is 9.47 Å². The van der Waals surface area contributed by atoms with Crippen molar-refractivity contribution in [3.05, 3.63) is 71.8 Å². The van der Waals surface area contributed by atoms with Crippen molar-refractivity contribution >= 4 is 11.9 Å². The second-order valence-corrected chi connectivity index (χ2v) is 13.5. The van der Waals surface area contributed by atoms with Gasteiger partial charge in [-0.25, -0.2) is 9.59 Å². The van der Waals surface area contributed by atoms with Gasteiger partial charge in [-0.15, -0.1) is 0 Å². The minimum atomic E-state index is -0.193. The lowest BCUT2D eigenvalue weighted by Gasteiger charge is -2.61. The van der Waals surface area contributed by atoms with E-state index >= 15 is 0 Å². The molecule has 4 nitrogen and oxygen atoms in total. The molecule has 2 aromatic rings. The van der Waals surface area contributed by atoms with Gasteiger partial charge in [0.05, 0.1) is 11.1 Å². The number of carbonyl (C=O) groups excluding carboxylic acids is 2. The van der Waals surface area contributed by atoms with Gasteiger partial charge in [0.15, 0.2) is 0 Å². The number of esters is 2. The fourth-order valence-corrected chi connectivity index (χ4v) is 9.82. The summed E-state index contributed by atoms with van der Waals surface area (Å²) in [5.74, 6) is 2.91. The lowest BCUT2D eigenvalue weighted by atomic mass is 9.44. The molecule has 4 aliphatic carbocycles. The summed E-state index contributed by atoms with van der Waals surface area (Å²) in [6, 6.07) is 18.8. The summed E-state index contributed by atoms with van der Waals surface area (Å²) >= 11 is 0. The zero-order chi connectivity index (χ0) is 27.2. The fraction of sp³-hybridized carbons (Fsp3) is 0.600. The Labute approximate surface area is 233 Å². The molecular weight excluding hydrogens is 484 g/mol. The van der Waals surface area contributed by atoms with Crippen molar-refractivity contribution in [1.29, 1.82) is 0 Å². The monoisotopic (exact) mass is 528 g/mol. The van der Waals surface area contributed by atoms with E-state index in [1.807, 2.05) is 60.7 Å². The van der Waals surface area contributed by atoms with Crippen molar-refractivity contribution in [3.63, 3.8) is 0 Å². The molecule has 0 unspecified atom stereocenters. The number of hydrogen-bond acceptors (Lipinski definition) is 4. The molecular formula is C35H44O4. The summed E-state index contributed by atoms with van der Waals surface area (Å²) in [6.45, 7) is 7.19. The van der Waals surface area contributed by atoms with Crippen LogP contribution in [-0.2, 0) is 9.47 Å². The van der Waals surface area contributed by atoms with E-state index in [1.165, 1.54) is 32.1 Å². The second kappa shape index (κ2) is 10.4. The summed E-state index contributed by atoms with van der Waals surface area (Å²) in [7, 11) is 0. The average molecular weight is 529 g/mol. The van der Waals surface area contributed by atoms with Gasteiger partial charge in [0.25, 0.3) is 0 Å². The number of carbonyl (C=O) groups is 2. The fourth-order valence-electron chi connectivity index (χ4n) is 9.82. The van der Waals surface area contributed by atoms with Crippen molar-refractivity contribution < 1.29 is 19.1 Å². The van der Waals surface area contributed by atoms with Crippen molar-refractivity contribution in [2.24, 2.45) is 40.4 Å². The van der Waals surface area contributed by atoms with E-state index in [0.717, 1.165) is 37.5 Å². The first kappa shape index (κ1) is 26.6. The molecule has 4 aliphatic rings. The van der Waals surface area contributed by atoms with E-state index in [0.29, 0.717) is 34.3 Å². The zero-order valence-corrected chi connectivity index (χ0v) is 23.8. The highest BCUT2D eigenvalue weighted by molar-refractivity contribution is 5.89. The van der Waals surface area contributed by atoms with Crippen LogP contribution in [0.25, 0.3) is 0 Å². The van der Waals surface area contributed by atoms with E-state index in [1.54, 1.807) is 0 Å². The Morgan fingerprint density at radius 3 is 2.05 bits per heavy atom. The molecule has 0 amide bonds. The molecule has 2 aromatic carbocycles. The first-order chi connectivity index (χ1) is 18.8. The lowest BCUT2D eigenvalue weighted by Crippen LogP contribution is -2.54. The number of ether oxygens (including phenoxy) is 2. The molecule has 9 atom stereocenters. The van der Waals surface area contributed by atoms with E-state index in [-0.39, 0.29) is 29.6 Å². The zero-order valence-electron chi connectivity index (χ0n) is 23.8. The normalized spacial score (nSPS) is 38.0.